The van der Waals surface area contributed by atoms with Gasteiger partial charge in [0, 0.05) is 63.6 Å². The second-order valence-electron chi connectivity index (χ2n) is 6.20. The number of piperazine rings is 1. The molecule has 0 bridgehead atoms. The molecule has 3 rings (SSSR count). The van der Waals surface area contributed by atoms with Gasteiger partial charge in [0.05, 0.1) is 6.04 Å². The maximum Gasteiger partial charge on any atom is 0.240 e. The zero-order valence-electron chi connectivity index (χ0n) is 15.0. The number of halogens is 3. The molecule has 9 heteroatoms. The van der Waals surface area contributed by atoms with Crippen molar-refractivity contribution >= 4 is 60.6 Å². The molecule has 0 radical (unpaired) electrons. The number of hydrogen-bond donors (Lipinski definition) is 1. The monoisotopic (exact) mass is 442 g/mol. The fourth-order valence-corrected chi connectivity index (χ4v) is 4.02. The molecule has 1 amide bonds. The quantitative estimate of drug-likeness (QED) is 0.755. The Balaban J connectivity index is 0.00000208. The lowest BCUT2D eigenvalue weighted by atomic mass is 10.2. The Morgan fingerprint density at radius 3 is 2.38 bits per heavy atom. The highest BCUT2D eigenvalue weighted by atomic mass is 35.5. The van der Waals surface area contributed by atoms with Gasteiger partial charge in [-0.25, -0.2) is 0 Å². The Labute approximate surface area is 179 Å². The molecular weight excluding hydrogens is 415 g/mol. The van der Waals surface area contributed by atoms with Crippen LogP contribution >= 0.6 is 49.0 Å². The van der Waals surface area contributed by atoms with Gasteiger partial charge in [0.1, 0.15) is 0 Å². The van der Waals surface area contributed by atoms with Crippen molar-refractivity contribution in [2.75, 3.05) is 62.8 Å². The minimum absolute atomic E-state index is 0. The van der Waals surface area contributed by atoms with Crippen molar-refractivity contribution in [3.05, 3.63) is 30.3 Å². The van der Waals surface area contributed by atoms with Crippen LogP contribution in [0, 0.1) is 0 Å². The van der Waals surface area contributed by atoms with Gasteiger partial charge in [0.25, 0.3) is 0 Å². The molecular formula is C17H29Cl3N4OS. The van der Waals surface area contributed by atoms with E-state index in [0.29, 0.717) is 0 Å². The second kappa shape index (κ2) is 12.9. The lowest BCUT2D eigenvalue weighted by Gasteiger charge is -2.36. The van der Waals surface area contributed by atoms with Gasteiger partial charge < -0.3 is 9.80 Å². The number of carbonyl (C=O) groups excluding carboxylic acids is 1. The van der Waals surface area contributed by atoms with E-state index >= 15 is 0 Å². The van der Waals surface area contributed by atoms with Crippen LogP contribution in [-0.2, 0) is 4.79 Å². The van der Waals surface area contributed by atoms with Crippen molar-refractivity contribution in [2.24, 2.45) is 0 Å². The molecule has 2 saturated heterocycles. The maximum absolute atomic E-state index is 12.3. The lowest BCUT2D eigenvalue weighted by molar-refractivity contribution is -0.131. The van der Waals surface area contributed by atoms with Crippen LogP contribution in [0.4, 0.5) is 5.69 Å². The first kappa shape index (κ1) is 25.6. The van der Waals surface area contributed by atoms with Gasteiger partial charge in [-0.3, -0.25) is 15.0 Å². The Bertz CT molecular complexity index is 512. The van der Waals surface area contributed by atoms with E-state index in [2.05, 4.69) is 45.4 Å². The van der Waals surface area contributed by atoms with Gasteiger partial charge in [-0.05, 0) is 12.1 Å². The number of anilines is 1. The zero-order valence-corrected chi connectivity index (χ0v) is 18.3. The molecule has 2 aliphatic rings. The molecule has 2 aliphatic heterocycles. The lowest BCUT2D eigenvalue weighted by Crippen LogP contribution is -2.50. The van der Waals surface area contributed by atoms with Crippen LogP contribution in [0.2, 0.25) is 0 Å². The fraction of sp³-hybridized carbons (Fsp3) is 0.588. The predicted octanol–water partition coefficient (Wildman–Crippen LogP) is 2.19. The molecule has 0 aliphatic carbocycles. The van der Waals surface area contributed by atoms with Crippen LogP contribution in [0.5, 0.6) is 0 Å². The van der Waals surface area contributed by atoms with E-state index in [4.69, 9.17) is 0 Å². The number of rotatable bonds is 5. The van der Waals surface area contributed by atoms with Crippen molar-refractivity contribution in [2.45, 2.75) is 6.04 Å². The van der Waals surface area contributed by atoms with Crippen LogP contribution in [0.1, 0.15) is 0 Å². The SMILES string of the molecule is CN(CCN1CCN(c2ccccc2)CC1)C(=O)C1CSCN1.Cl.Cl.Cl. The van der Waals surface area contributed by atoms with E-state index in [1.165, 1.54) is 5.69 Å². The molecule has 5 nitrogen and oxygen atoms in total. The topological polar surface area (TPSA) is 38.8 Å². The van der Waals surface area contributed by atoms with Gasteiger partial charge >= 0.3 is 0 Å². The van der Waals surface area contributed by atoms with Gasteiger partial charge in [-0.15, -0.1) is 49.0 Å². The summed E-state index contributed by atoms with van der Waals surface area (Å²) in [6.07, 6.45) is 0. The van der Waals surface area contributed by atoms with E-state index in [-0.39, 0.29) is 49.2 Å². The van der Waals surface area contributed by atoms with E-state index in [9.17, 15) is 4.79 Å². The Kier molecular flexibility index (Phi) is 12.7. The molecule has 0 spiro atoms. The van der Waals surface area contributed by atoms with Crippen LogP contribution in [0.25, 0.3) is 0 Å². The highest BCUT2D eigenvalue weighted by Gasteiger charge is 2.25. The highest BCUT2D eigenvalue weighted by molar-refractivity contribution is 7.99. The first-order valence-electron chi connectivity index (χ1n) is 8.32. The van der Waals surface area contributed by atoms with Crippen molar-refractivity contribution in [3.63, 3.8) is 0 Å². The Morgan fingerprint density at radius 1 is 1.15 bits per heavy atom. The maximum atomic E-state index is 12.3. The predicted molar refractivity (Wildman–Crippen MR) is 119 cm³/mol. The van der Waals surface area contributed by atoms with E-state index in [1.54, 1.807) is 11.8 Å². The summed E-state index contributed by atoms with van der Waals surface area (Å²) in [5, 5.41) is 3.25. The summed E-state index contributed by atoms with van der Waals surface area (Å²) in [6, 6.07) is 10.6. The first-order valence-corrected chi connectivity index (χ1v) is 9.48. The summed E-state index contributed by atoms with van der Waals surface area (Å²) in [4.78, 5) is 19.1. The summed E-state index contributed by atoms with van der Waals surface area (Å²) >= 11 is 1.80. The third-order valence-electron chi connectivity index (χ3n) is 4.64. The number of nitrogens with zero attached hydrogens (tertiary/aromatic N) is 3. The normalized spacial score (nSPS) is 19.7. The molecule has 0 saturated carbocycles. The van der Waals surface area contributed by atoms with Crippen molar-refractivity contribution in [1.82, 2.24) is 15.1 Å². The van der Waals surface area contributed by atoms with E-state index < -0.39 is 0 Å². The van der Waals surface area contributed by atoms with Crippen molar-refractivity contribution in [3.8, 4) is 0 Å². The molecule has 1 atom stereocenters. The van der Waals surface area contributed by atoms with Crippen molar-refractivity contribution in [1.29, 1.82) is 0 Å². The summed E-state index contributed by atoms with van der Waals surface area (Å²) < 4.78 is 0. The molecule has 1 N–H and O–H groups in total. The number of para-hydroxylation sites is 1. The van der Waals surface area contributed by atoms with Gasteiger partial charge in [-0.1, -0.05) is 18.2 Å². The number of nitrogens with one attached hydrogen (secondary N) is 1. The second-order valence-corrected chi connectivity index (χ2v) is 7.23. The minimum Gasteiger partial charge on any atom is -0.369 e. The number of hydrogen-bond acceptors (Lipinski definition) is 5. The fourth-order valence-electron chi connectivity index (χ4n) is 3.09. The largest absolute Gasteiger partial charge is 0.369 e. The smallest absolute Gasteiger partial charge is 0.240 e. The molecule has 26 heavy (non-hydrogen) atoms. The first-order chi connectivity index (χ1) is 11.2. The number of likely N-dealkylation sites (N-methyl/N-ethyl adjacent to an activating group) is 1. The Morgan fingerprint density at radius 2 is 1.81 bits per heavy atom. The average molecular weight is 444 g/mol. The zero-order chi connectivity index (χ0) is 16.1. The highest BCUT2D eigenvalue weighted by Crippen LogP contribution is 2.15. The number of thioether (sulfide) groups is 1. The van der Waals surface area contributed by atoms with Gasteiger partial charge in [0.2, 0.25) is 5.91 Å². The molecule has 1 aromatic rings. The van der Waals surface area contributed by atoms with Gasteiger partial charge in [0.15, 0.2) is 0 Å². The van der Waals surface area contributed by atoms with Crippen LogP contribution in [0.3, 0.4) is 0 Å². The van der Waals surface area contributed by atoms with Crippen LogP contribution in [0.15, 0.2) is 30.3 Å². The average Bonchev–Trinajstić information content (AvgIpc) is 3.15. The van der Waals surface area contributed by atoms with E-state index in [1.807, 2.05) is 11.9 Å². The Hall–Kier alpha value is -0.370. The molecule has 1 aromatic carbocycles. The molecule has 2 fully saturated rings. The van der Waals surface area contributed by atoms with E-state index in [0.717, 1.165) is 50.9 Å². The molecule has 0 aromatic heterocycles. The molecule has 1 unspecified atom stereocenters. The number of benzene rings is 1. The standard InChI is InChI=1S/C17H26N4OS.3ClH/c1-19(17(22)16-13-23-14-18-16)7-8-20-9-11-21(12-10-20)15-5-3-2-4-6-15;;;/h2-6,16,18H,7-14H2,1H3;3*1H. The third kappa shape index (κ3) is 6.98. The summed E-state index contributed by atoms with van der Waals surface area (Å²) in [5.74, 6) is 2.03. The summed E-state index contributed by atoms with van der Waals surface area (Å²) in [5.41, 5.74) is 1.31. The van der Waals surface area contributed by atoms with Crippen LogP contribution in [-0.4, -0.2) is 79.7 Å². The minimum atomic E-state index is 0. The number of amides is 1. The number of carbonyl (C=O) groups is 1. The summed E-state index contributed by atoms with van der Waals surface area (Å²) in [7, 11) is 1.92. The van der Waals surface area contributed by atoms with Crippen molar-refractivity contribution < 1.29 is 4.79 Å². The summed E-state index contributed by atoms with van der Waals surface area (Å²) in [6.45, 7) is 6.02. The van der Waals surface area contributed by atoms with Gasteiger partial charge in [-0.2, -0.15) is 0 Å². The molecule has 2 heterocycles. The third-order valence-corrected chi connectivity index (χ3v) is 5.58. The van der Waals surface area contributed by atoms with Crippen LogP contribution < -0.4 is 10.2 Å². The molecule has 150 valence electrons.